The normalized spacial score (nSPS) is 15.3. The van der Waals surface area contributed by atoms with E-state index < -0.39 is 0 Å². The van der Waals surface area contributed by atoms with Crippen LogP contribution in [0.5, 0.6) is 0 Å². The lowest BCUT2D eigenvalue weighted by molar-refractivity contribution is -0.183. The van der Waals surface area contributed by atoms with Gasteiger partial charge in [0.1, 0.15) is 0 Å². The summed E-state index contributed by atoms with van der Waals surface area (Å²) in [5.74, 6) is -0.291. The van der Waals surface area contributed by atoms with Gasteiger partial charge in [-0.05, 0) is 36.6 Å². The van der Waals surface area contributed by atoms with Gasteiger partial charge in [0.15, 0.2) is 6.29 Å². The standard InChI is InChI=1S/C19H20O4/c1-2-21-18(20)16-8-4-14(5-9-16)15-6-10-17(11-7-15)19-22-12-3-13-23-19/h4-11,19H,2-3,12-13H2,1H3. The minimum atomic E-state index is -0.291. The summed E-state index contributed by atoms with van der Waals surface area (Å²) >= 11 is 0. The van der Waals surface area contributed by atoms with Crippen molar-refractivity contribution in [1.29, 1.82) is 0 Å². The molecule has 1 saturated heterocycles. The second kappa shape index (κ2) is 7.40. The largest absolute Gasteiger partial charge is 0.462 e. The Hall–Kier alpha value is -2.17. The fourth-order valence-corrected chi connectivity index (χ4v) is 2.53. The van der Waals surface area contributed by atoms with Gasteiger partial charge in [-0.2, -0.15) is 0 Å². The molecule has 1 aliphatic heterocycles. The molecule has 0 unspecified atom stereocenters. The number of carbonyl (C=O) groups excluding carboxylic acids is 1. The number of carbonyl (C=O) groups is 1. The van der Waals surface area contributed by atoms with E-state index in [-0.39, 0.29) is 12.3 Å². The van der Waals surface area contributed by atoms with E-state index in [1.165, 1.54) is 0 Å². The third kappa shape index (κ3) is 3.78. The zero-order chi connectivity index (χ0) is 16.1. The first-order chi connectivity index (χ1) is 11.3. The molecule has 0 spiro atoms. The van der Waals surface area contributed by atoms with Crippen molar-refractivity contribution in [3.05, 3.63) is 59.7 Å². The second-order valence-electron chi connectivity index (χ2n) is 5.35. The number of benzene rings is 2. The first-order valence-corrected chi connectivity index (χ1v) is 7.88. The molecule has 2 aromatic carbocycles. The zero-order valence-corrected chi connectivity index (χ0v) is 13.2. The van der Waals surface area contributed by atoms with E-state index in [0.29, 0.717) is 12.2 Å². The van der Waals surface area contributed by atoms with Crippen LogP contribution in [0.2, 0.25) is 0 Å². The van der Waals surface area contributed by atoms with E-state index in [0.717, 1.165) is 36.3 Å². The quantitative estimate of drug-likeness (QED) is 0.801. The molecule has 0 aliphatic carbocycles. The summed E-state index contributed by atoms with van der Waals surface area (Å²) in [5.41, 5.74) is 3.72. The van der Waals surface area contributed by atoms with E-state index in [9.17, 15) is 4.79 Å². The maximum atomic E-state index is 11.7. The van der Waals surface area contributed by atoms with Gasteiger partial charge in [0, 0.05) is 5.56 Å². The average Bonchev–Trinajstić information content (AvgIpc) is 2.63. The molecule has 2 aromatic rings. The van der Waals surface area contributed by atoms with Crippen molar-refractivity contribution >= 4 is 5.97 Å². The fourth-order valence-electron chi connectivity index (χ4n) is 2.53. The Kier molecular flexibility index (Phi) is 5.05. The van der Waals surface area contributed by atoms with Crippen molar-refractivity contribution in [1.82, 2.24) is 0 Å². The molecule has 1 aliphatic rings. The van der Waals surface area contributed by atoms with Crippen LogP contribution >= 0.6 is 0 Å². The van der Waals surface area contributed by atoms with Gasteiger partial charge in [0.25, 0.3) is 0 Å². The molecule has 0 amide bonds. The van der Waals surface area contributed by atoms with Gasteiger partial charge in [-0.1, -0.05) is 36.4 Å². The van der Waals surface area contributed by atoms with Gasteiger partial charge >= 0.3 is 5.97 Å². The molecular formula is C19H20O4. The molecular weight excluding hydrogens is 292 g/mol. The molecule has 3 rings (SSSR count). The predicted octanol–water partition coefficient (Wildman–Crippen LogP) is 3.97. The lowest BCUT2D eigenvalue weighted by atomic mass is 10.0. The number of esters is 1. The van der Waals surface area contributed by atoms with Crippen LogP contribution in [0.4, 0.5) is 0 Å². The van der Waals surface area contributed by atoms with Crippen LogP contribution in [0.3, 0.4) is 0 Å². The highest BCUT2D eigenvalue weighted by molar-refractivity contribution is 5.90. The van der Waals surface area contributed by atoms with Crippen molar-refractivity contribution in [2.24, 2.45) is 0 Å². The van der Waals surface area contributed by atoms with E-state index in [1.807, 2.05) is 36.4 Å². The maximum Gasteiger partial charge on any atom is 0.338 e. The summed E-state index contributed by atoms with van der Waals surface area (Å²) in [4.78, 5) is 11.7. The van der Waals surface area contributed by atoms with Crippen LogP contribution in [0.1, 0.15) is 35.6 Å². The van der Waals surface area contributed by atoms with Gasteiger partial charge in [0.2, 0.25) is 0 Å². The first kappa shape index (κ1) is 15.7. The molecule has 0 N–H and O–H groups in total. The van der Waals surface area contributed by atoms with Crippen molar-refractivity contribution in [3.8, 4) is 11.1 Å². The Balaban J connectivity index is 1.72. The first-order valence-electron chi connectivity index (χ1n) is 7.88. The monoisotopic (exact) mass is 312 g/mol. The molecule has 0 saturated carbocycles. The maximum absolute atomic E-state index is 11.7. The Bertz CT molecular complexity index is 640. The Morgan fingerprint density at radius 1 is 1.00 bits per heavy atom. The topological polar surface area (TPSA) is 44.8 Å². The molecule has 1 fully saturated rings. The number of hydrogen-bond acceptors (Lipinski definition) is 4. The van der Waals surface area contributed by atoms with E-state index in [2.05, 4.69) is 0 Å². The van der Waals surface area contributed by atoms with Crippen LogP contribution < -0.4 is 0 Å². The van der Waals surface area contributed by atoms with Crippen LogP contribution in [0, 0.1) is 0 Å². The second-order valence-corrected chi connectivity index (χ2v) is 5.35. The zero-order valence-electron chi connectivity index (χ0n) is 13.2. The van der Waals surface area contributed by atoms with Crippen LogP contribution in [-0.4, -0.2) is 25.8 Å². The summed E-state index contributed by atoms with van der Waals surface area (Å²) < 4.78 is 16.2. The van der Waals surface area contributed by atoms with Crippen molar-refractivity contribution in [2.75, 3.05) is 19.8 Å². The lowest BCUT2D eigenvalue weighted by Crippen LogP contribution is -2.17. The van der Waals surface area contributed by atoms with Gasteiger partial charge in [-0.25, -0.2) is 4.79 Å². The molecule has 0 atom stereocenters. The lowest BCUT2D eigenvalue weighted by Gasteiger charge is -2.23. The number of ether oxygens (including phenoxy) is 3. The van der Waals surface area contributed by atoms with Gasteiger partial charge in [-0.3, -0.25) is 0 Å². The van der Waals surface area contributed by atoms with Crippen molar-refractivity contribution in [3.63, 3.8) is 0 Å². The molecule has 0 aromatic heterocycles. The van der Waals surface area contributed by atoms with Gasteiger partial charge < -0.3 is 14.2 Å². The van der Waals surface area contributed by atoms with Crippen LogP contribution in [0.25, 0.3) is 11.1 Å². The van der Waals surface area contributed by atoms with Gasteiger partial charge in [-0.15, -0.1) is 0 Å². The Morgan fingerprint density at radius 2 is 1.57 bits per heavy atom. The van der Waals surface area contributed by atoms with Crippen molar-refractivity contribution < 1.29 is 19.0 Å². The van der Waals surface area contributed by atoms with E-state index in [1.54, 1.807) is 19.1 Å². The molecule has 1 heterocycles. The number of rotatable bonds is 4. The van der Waals surface area contributed by atoms with Gasteiger partial charge in [0.05, 0.1) is 25.4 Å². The number of hydrogen-bond donors (Lipinski definition) is 0. The molecule has 0 bridgehead atoms. The third-order valence-corrected chi connectivity index (χ3v) is 3.74. The van der Waals surface area contributed by atoms with Crippen LogP contribution in [-0.2, 0) is 14.2 Å². The summed E-state index contributed by atoms with van der Waals surface area (Å²) in [6.07, 6.45) is 0.686. The minimum Gasteiger partial charge on any atom is -0.462 e. The highest BCUT2D eigenvalue weighted by atomic mass is 16.7. The summed E-state index contributed by atoms with van der Waals surface area (Å²) in [6, 6.07) is 15.5. The minimum absolute atomic E-state index is 0.260. The smallest absolute Gasteiger partial charge is 0.338 e. The van der Waals surface area contributed by atoms with Crippen molar-refractivity contribution in [2.45, 2.75) is 19.6 Å². The van der Waals surface area contributed by atoms with E-state index >= 15 is 0 Å². The molecule has 0 radical (unpaired) electrons. The molecule has 120 valence electrons. The molecule has 4 heteroatoms. The molecule has 4 nitrogen and oxygen atoms in total. The van der Waals surface area contributed by atoms with Crippen LogP contribution in [0.15, 0.2) is 48.5 Å². The third-order valence-electron chi connectivity index (χ3n) is 3.74. The SMILES string of the molecule is CCOC(=O)c1ccc(-c2ccc(C3OCCCO3)cc2)cc1. The predicted molar refractivity (Wildman–Crippen MR) is 87.1 cm³/mol. The average molecular weight is 312 g/mol. The van der Waals surface area contributed by atoms with E-state index in [4.69, 9.17) is 14.2 Å². The summed E-state index contributed by atoms with van der Waals surface area (Å²) in [6.45, 7) is 3.66. The summed E-state index contributed by atoms with van der Waals surface area (Å²) in [5, 5.41) is 0. The Labute approximate surface area is 136 Å². The molecule has 23 heavy (non-hydrogen) atoms. The highest BCUT2D eigenvalue weighted by Gasteiger charge is 2.16. The fraction of sp³-hybridized carbons (Fsp3) is 0.316. The summed E-state index contributed by atoms with van der Waals surface area (Å²) in [7, 11) is 0. The highest BCUT2D eigenvalue weighted by Crippen LogP contribution is 2.26. The Morgan fingerprint density at radius 3 is 2.13 bits per heavy atom.